The van der Waals surface area contributed by atoms with Crippen LogP contribution in [-0.2, 0) is 5.41 Å². The second kappa shape index (κ2) is 9.32. The van der Waals surface area contributed by atoms with E-state index in [-0.39, 0.29) is 5.41 Å². The highest BCUT2D eigenvalue weighted by molar-refractivity contribution is 6.18. The summed E-state index contributed by atoms with van der Waals surface area (Å²) >= 11 is 0. The summed E-state index contributed by atoms with van der Waals surface area (Å²) in [7, 11) is 0. The van der Waals surface area contributed by atoms with Gasteiger partial charge >= 0.3 is 0 Å². The maximum Gasteiger partial charge on any atom is -0.00201 e. The summed E-state index contributed by atoms with van der Waals surface area (Å²) in [5.41, 5.74) is 18.6. The van der Waals surface area contributed by atoms with Crippen molar-refractivity contribution in [3.63, 3.8) is 0 Å². The Morgan fingerprint density at radius 1 is 0.439 bits per heavy atom. The Hall–Kier alpha value is -4.42. The molecule has 6 aromatic rings. The maximum atomic E-state index is 2.41. The van der Waals surface area contributed by atoms with Crippen LogP contribution in [0.5, 0.6) is 0 Å². The van der Waals surface area contributed by atoms with Crippen molar-refractivity contribution in [1.29, 1.82) is 0 Å². The van der Waals surface area contributed by atoms with E-state index in [2.05, 4.69) is 151 Å². The minimum Gasteiger partial charge on any atom is -0.0610 e. The lowest BCUT2D eigenvalue weighted by Crippen LogP contribution is -2.10. The molecule has 1 aliphatic carbocycles. The van der Waals surface area contributed by atoms with Crippen molar-refractivity contribution in [2.24, 2.45) is 0 Å². The zero-order chi connectivity index (χ0) is 28.5. The fourth-order valence-corrected chi connectivity index (χ4v) is 6.88. The van der Waals surface area contributed by atoms with Gasteiger partial charge in [0.15, 0.2) is 0 Å². The molecule has 0 saturated carbocycles. The number of aryl methyl sites for hydroxylation is 3. The minimum absolute atomic E-state index is 0.128. The van der Waals surface area contributed by atoms with Crippen LogP contribution < -0.4 is 0 Å². The molecule has 0 radical (unpaired) electrons. The molecule has 6 aromatic carbocycles. The molecular formula is C41H36. The molecule has 0 nitrogen and oxygen atoms in total. The molecule has 0 fully saturated rings. The molecule has 0 spiro atoms. The third-order valence-electron chi connectivity index (χ3n) is 8.89. The molecule has 0 amide bonds. The number of fused-ring (bicyclic) bond motifs is 3. The van der Waals surface area contributed by atoms with Gasteiger partial charge in [-0.3, -0.25) is 0 Å². The molecule has 41 heavy (non-hydrogen) atoms. The Bertz CT molecular complexity index is 1940. The van der Waals surface area contributed by atoms with Crippen LogP contribution in [0.2, 0.25) is 0 Å². The van der Waals surface area contributed by atoms with Gasteiger partial charge < -0.3 is 0 Å². The summed E-state index contributed by atoms with van der Waals surface area (Å²) in [4.78, 5) is 0. The average molecular weight is 529 g/mol. The van der Waals surface area contributed by atoms with Gasteiger partial charge in [-0.25, -0.2) is 0 Å². The van der Waals surface area contributed by atoms with Crippen molar-refractivity contribution >= 4 is 10.8 Å². The van der Waals surface area contributed by atoms with Gasteiger partial charge in [0, 0.05) is 0 Å². The van der Waals surface area contributed by atoms with Crippen molar-refractivity contribution < 1.29 is 0 Å². The predicted molar refractivity (Wildman–Crippen MR) is 178 cm³/mol. The topological polar surface area (TPSA) is 0 Å². The van der Waals surface area contributed by atoms with Gasteiger partial charge in [-0.05, 0) is 115 Å². The van der Waals surface area contributed by atoms with Crippen molar-refractivity contribution in [2.45, 2.75) is 47.0 Å². The van der Waals surface area contributed by atoms with Crippen LogP contribution in [-0.4, -0.2) is 0 Å². The number of benzene rings is 6. The summed E-state index contributed by atoms with van der Waals surface area (Å²) in [6, 6.07) is 41.1. The van der Waals surface area contributed by atoms with E-state index in [9.17, 15) is 0 Å². The molecule has 0 heterocycles. The molecule has 0 aliphatic heterocycles. The maximum absolute atomic E-state index is 2.41. The lowest BCUT2D eigenvalue weighted by Gasteiger charge is -2.20. The van der Waals surface area contributed by atoms with E-state index in [1.54, 1.807) is 0 Å². The highest BCUT2D eigenvalue weighted by Gasteiger charge is 2.25. The second-order valence-corrected chi connectivity index (χ2v) is 12.8. The first-order chi connectivity index (χ1) is 19.7. The van der Waals surface area contributed by atoms with E-state index < -0.39 is 0 Å². The minimum atomic E-state index is 0.128. The molecule has 1 aliphatic rings. The second-order valence-electron chi connectivity index (χ2n) is 12.8. The van der Waals surface area contributed by atoms with Crippen LogP contribution in [0.4, 0.5) is 0 Å². The first-order valence-electron chi connectivity index (χ1n) is 14.7. The SMILES string of the molecule is Cc1cc(C)c(-c2ccc(-c3ccc(-c4ccc5c6c(cccc46)-c4cc(C(C)(C)C)ccc4-5)cc3)cc2)c(C)c1. The predicted octanol–water partition coefficient (Wildman–Crippen LogP) is 11.7. The normalized spacial score (nSPS) is 12.1. The van der Waals surface area contributed by atoms with E-state index in [4.69, 9.17) is 0 Å². The molecule has 0 atom stereocenters. The fraction of sp³-hybridized carbons (Fsp3) is 0.171. The van der Waals surface area contributed by atoms with Crippen LogP contribution in [0.15, 0.2) is 109 Å². The lowest BCUT2D eigenvalue weighted by molar-refractivity contribution is 0.590. The van der Waals surface area contributed by atoms with E-state index in [0.29, 0.717) is 0 Å². The third-order valence-corrected chi connectivity index (χ3v) is 8.89. The van der Waals surface area contributed by atoms with Gasteiger partial charge in [0.05, 0.1) is 0 Å². The molecule has 0 saturated heterocycles. The van der Waals surface area contributed by atoms with Gasteiger partial charge in [-0.2, -0.15) is 0 Å². The monoisotopic (exact) mass is 528 g/mol. The Balaban J connectivity index is 1.24. The Labute approximate surface area is 244 Å². The molecule has 0 heteroatoms. The molecule has 0 bridgehead atoms. The standard InChI is InChI=1S/C41H36/c1-25-22-26(2)39(27(3)23-25)31-16-12-29(13-17-31)28-10-14-30(15-11-28)33-20-21-37-34-19-18-32(41(4,5)6)24-38(34)36-9-7-8-35(33)40(36)37/h7-24H,1-6H3. The molecular weight excluding hydrogens is 492 g/mol. The summed E-state index contributed by atoms with van der Waals surface area (Å²) in [5.74, 6) is 0. The van der Waals surface area contributed by atoms with Crippen LogP contribution >= 0.6 is 0 Å². The zero-order valence-electron chi connectivity index (χ0n) is 24.9. The quantitative estimate of drug-likeness (QED) is 0.214. The molecule has 0 N–H and O–H groups in total. The lowest BCUT2D eigenvalue weighted by atomic mass is 9.85. The van der Waals surface area contributed by atoms with Gasteiger partial charge in [0.2, 0.25) is 0 Å². The number of hydrogen-bond acceptors (Lipinski definition) is 0. The van der Waals surface area contributed by atoms with Crippen LogP contribution in [0.3, 0.4) is 0 Å². The first-order valence-corrected chi connectivity index (χ1v) is 14.7. The number of hydrogen-bond donors (Lipinski definition) is 0. The Morgan fingerprint density at radius 3 is 1.61 bits per heavy atom. The molecule has 200 valence electrons. The highest BCUT2D eigenvalue weighted by Crippen LogP contribution is 2.50. The van der Waals surface area contributed by atoms with Crippen molar-refractivity contribution in [3.8, 4) is 55.6 Å². The summed E-state index contributed by atoms with van der Waals surface area (Å²) in [6.07, 6.45) is 0. The van der Waals surface area contributed by atoms with Gasteiger partial charge in [-0.15, -0.1) is 0 Å². The van der Waals surface area contributed by atoms with E-state index in [0.717, 1.165) is 0 Å². The third kappa shape index (κ3) is 4.21. The van der Waals surface area contributed by atoms with Gasteiger partial charge in [0.1, 0.15) is 0 Å². The van der Waals surface area contributed by atoms with E-state index >= 15 is 0 Å². The van der Waals surface area contributed by atoms with Crippen LogP contribution in [0.25, 0.3) is 66.4 Å². The molecule has 0 unspecified atom stereocenters. The van der Waals surface area contributed by atoms with Crippen molar-refractivity contribution in [2.75, 3.05) is 0 Å². The smallest absolute Gasteiger partial charge is 0.00201 e. The van der Waals surface area contributed by atoms with Gasteiger partial charge in [-0.1, -0.05) is 129 Å². The average Bonchev–Trinajstić information content (AvgIpc) is 3.27. The Morgan fingerprint density at radius 2 is 0.976 bits per heavy atom. The largest absolute Gasteiger partial charge is 0.0610 e. The van der Waals surface area contributed by atoms with E-state index in [1.807, 2.05) is 0 Å². The van der Waals surface area contributed by atoms with E-state index in [1.165, 1.54) is 88.7 Å². The highest BCUT2D eigenvalue weighted by atomic mass is 14.3. The Kier molecular flexibility index (Phi) is 5.80. The van der Waals surface area contributed by atoms with Crippen molar-refractivity contribution in [3.05, 3.63) is 131 Å². The summed E-state index contributed by atoms with van der Waals surface area (Å²) < 4.78 is 0. The molecule has 7 rings (SSSR count). The number of rotatable bonds is 3. The van der Waals surface area contributed by atoms with Gasteiger partial charge in [0.25, 0.3) is 0 Å². The fourth-order valence-electron chi connectivity index (χ4n) is 6.88. The first kappa shape index (κ1) is 25.5. The van der Waals surface area contributed by atoms with Crippen molar-refractivity contribution in [1.82, 2.24) is 0 Å². The zero-order valence-corrected chi connectivity index (χ0v) is 24.9. The summed E-state index contributed by atoms with van der Waals surface area (Å²) in [6.45, 7) is 13.5. The van der Waals surface area contributed by atoms with Crippen LogP contribution in [0, 0.1) is 20.8 Å². The molecule has 0 aromatic heterocycles. The summed E-state index contributed by atoms with van der Waals surface area (Å²) in [5, 5.41) is 2.71. The van der Waals surface area contributed by atoms with Crippen LogP contribution in [0.1, 0.15) is 43.0 Å².